The van der Waals surface area contributed by atoms with Gasteiger partial charge in [0.1, 0.15) is 6.33 Å². The molecular formula is C21H24N6O2S. The second kappa shape index (κ2) is 8.74. The molecule has 3 heterocycles. The Morgan fingerprint density at radius 2 is 2.07 bits per heavy atom. The third-order valence-electron chi connectivity index (χ3n) is 5.23. The highest BCUT2D eigenvalue weighted by molar-refractivity contribution is 7.99. The van der Waals surface area contributed by atoms with E-state index >= 15 is 0 Å². The first-order valence-electron chi connectivity index (χ1n) is 9.82. The maximum Gasteiger partial charge on any atom is 0.254 e. The SMILES string of the molecule is Cn1cccc1C1CCCN1C(=O)c1cccc(NC(=O)CSc2nncn2C)c1. The number of hydrogen-bond donors (Lipinski definition) is 1. The van der Waals surface area contributed by atoms with E-state index < -0.39 is 0 Å². The number of hydrogen-bond acceptors (Lipinski definition) is 5. The monoisotopic (exact) mass is 424 g/mol. The van der Waals surface area contributed by atoms with Crippen molar-refractivity contribution < 1.29 is 9.59 Å². The van der Waals surface area contributed by atoms with Gasteiger partial charge in [0.15, 0.2) is 5.16 Å². The fraction of sp³-hybridized carbons (Fsp3) is 0.333. The van der Waals surface area contributed by atoms with Gasteiger partial charge in [0.25, 0.3) is 5.91 Å². The zero-order valence-electron chi connectivity index (χ0n) is 17.0. The molecule has 1 N–H and O–H groups in total. The number of nitrogens with zero attached hydrogens (tertiary/aromatic N) is 5. The summed E-state index contributed by atoms with van der Waals surface area (Å²) in [6, 6.07) is 11.3. The lowest BCUT2D eigenvalue weighted by Gasteiger charge is -2.25. The molecule has 30 heavy (non-hydrogen) atoms. The topological polar surface area (TPSA) is 85.1 Å². The molecule has 9 heteroatoms. The molecule has 2 aromatic heterocycles. The lowest BCUT2D eigenvalue weighted by atomic mass is 10.1. The van der Waals surface area contributed by atoms with Crippen LogP contribution >= 0.6 is 11.8 Å². The summed E-state index contributed by atoms with van der Waals surface area (Å²) in [5, 5.41) is 11.3. The zero-order chi connectivity index (χ0) is 21.1. The first kappa shape index (κ1) is 20.2. The number of aromatic nitrogens is 4. The van der Waals surface area contributed by atoms with E-state index in [9.17, 15) is 9.59 Å². The Morgan fingerprint density at radius 1 is 1.20 bits per heavy atom. The van der Waals surface area contributed by atoms with Crippen LogP contribution < -0.4 is 5.32 Å². The van der Waals surface area contributed by atoms with Gasteiger partial charge in [-0.15, -0.1) is 10.2 Å². The number of nitrogens with one attached hydrogen (secondary N) is 1. The van der Waals surface area contributed by atoms with Gasteiger partial charge >= 0.3 is 0 Å². The molecule has 0 saturated carbocycles. The van der Waals surface area contributed by atoms with Gasteiger partial charge in [-0.3, -0.25) is 9.59 Å². The molecule has 1 aromatic carbocycles. The maximum absolute atomic E-state index is 13.2. The molecule has 0 bridgehead atoms. The van der Waals surface area contributed by atoms with Crippen molar-refractivity contribution in [3.63, 3.8) is 0 Å². The number of benzene rings is 1. The van der Waals surface area contributed by atoms with Crippen molar-refractivity contribution in [1.82, 2.24) is 24.2 Å². The Balaban J connectivity index is 1.42. The molecule has 0 radical (unpaired) electrons. The van der Waals surface area contributed by atoms with Crippen molar-refractivity contribution in [1.29, 1.82) is 0 Å². The summed E-state index contributed by atoms with van der Waals surface area (Å²) in [5.41, 5.74) is 2.33. The van der Waals surface area contributed by atoms with Crippen molar-refractivity contribution in [2.75, 3.05) is 17.6 Å². The third kappa shape index (κ3) is 4.25. The van der Waals surface area contributed by atoms with Crippen molar-refractivity contribution in [2.24, 2.45) is 14.1 Å². The van der Waals surface area contributed by atoms with Crippen molar-refractivity contribution in [3.8, 4) is 0 Å². The molecule has 1 fully saturated rings. The fourth-order valence-corrected chi connectivity index (χ4v) is 4.45. The van der Waals surface area contributed by atoms with Crippen LogP contribution in [0, 0.1) is 0 Å². The summed E-state index contributed by atoms with van der Waals surface area (Å²) in [5.74, 6) is 0.0468. The molecule has 1 aliphatic rings. The summed E-state index contributed by atoms with van der Waals surface area (Å²) in [6.45, 7) is 0.736. The average Bonchev–Trinajstić information content (AvgIpc) is 3.47. The smallest absolute Gasteiger partial charge is 0.254 e. The van der Waals surface area contributed by atoms with Crippen LogP contribution in [-0.2, 0) is 18.9 Å². The van der Waals surface area contributed by atoms with Crippen LogP contribution in [0.4, 0.5) is 5.69 Å². The van der Waals surface area contributed by atoms with Crippen LogP contribution in [-0.4, -0.2) is 48.3 Å². The summed E-state index contributed by atoms with van der Waals surface area (Å²) >= 11 is 1.31. The Labute approximate surface area is 179 Å². The van der Waals surface area contributed by atoms with Crippen LogP contribution in [0.15, 0.2) is 54.1 Å². The van der Waals surface area contributed by atoms with Gasteiger partial charge in [0, 0.05) is 43.8 Å². The normalized spacial score (nSPS) is 16.1. The Bertz CT molecular complexity index is 1060. The molecule has 2 amide bonds. The van der Waals surface area contributed by atoms with E-state index in [4.69, 9.17) is 0 Å². The van der Waals surface area contributed by atoms with Crippen molar-refractivity contribution in [3.05, 3.63) is 60.2 Å². The highest BCUT2D eigenvalue weighted by Crippen LogP contribution is 2.33. The molecule has 1 unspecified atom stereocenters. The second-order valence-electron chi connectivity index (χ2n) is 7.34. The number of rotatable bonds is 6. The van der Waals surface area contributed by atoms with E-state index in [0.717, 1.165) is 25.1 Å². The van der Waals surface area contributed by atoms with Gasteiger partial charge in [-0.25, -0.2) is 0 Å². The molecule has 0 spiro atoms. The summed E-state index contributed by atoms with van der Waals surface area (Å²) in [4.78, 5) is 27.4. The second-order valence-corrected chi connectivity index (χ2v) is 8.29. The van der Waals surface area contributed by atoms with Crippen LogP contribution in [0.25, 0.3) is 0 Å². The summed E-state index contributed by atoms with van der Waals surface area (Å²) in [6.07, 6.45) is 5.54. The standard InChI is InChI=1S/C21H24N6O2S/c1-25-10-4-8-17(25)18-9-5-11-27(18)20(29)15-6-3-7-16(12-15)23-19(28)13-30-21-24-22-14-26(21)2/h3-4,6-8,10,12,14,18H,5,9,11,13H2,1-2H3,(H,23,28). The number of amides is 2. The van der Waals surface area contributed by atoms with Gasteiger partial charge in [-0.2, -0.15) is 0 Å². The molecule has 0 aliphatic carbocycles. The number of carbonyl (C=O) groups is 2. The third-order valence-corrected chi connectivity index (χ3v) is 6.27. The highest BCUT2D eigenvalue weighted by Gasteiger charge is 2.31. The van der Waals surface area contributed by atoms with Crippen LogP contribution in [0.5, 0.6) is 0 Å². The Morgan fingerprint density at radius 3 is 2.80 bits per heavy atom. The fourth-order valence-electron chi connectivity index (χ4n) is 3.76. The predicted octanol–water partition coefficient (Wildman–Crippen LogP) is 2.86. The zero-order valence-corrected chi connectivity index (χ0v) is 17.8. The van der Waals surface area contributed by atoms with Gasteiger partial charge in [-0.05, 0) is 43.2 Å². The maximum atomic E-state index is 13.2. The van der Waals surface area contributed by atoms with Crippen molar-refractivity contribution >= 4 is 29.3 Å². The number of carbonyl (C=O) groups excluding carboxylic acids is 2. The minimum Gasteiger partial charge on any atom is -0.353 e. The summed E-state index contributed by atoms with van der Waals surface area (Å²) < 4.78 is 3.83. The van der Waals surface area contributed by atoms with E-state index in [1.54, 1.807) is 35.2 Å². The molecule has 1 aliphatic heterocycles. The lowest BCUT2D eigenvalue weighted by molar-refractivity contribution is -0.113. The lowest BCUT2D eigenvalue weighted by Crippen LogP contribution is -2.31. The highest BCUT2D eigenvalue weighted by atomic mass is 32.2. The molecule has 1 saturated heterocycles. The van der Waals surface area contributed by atoms with Gasteiger partial charge in [0.05, 0.1) is 11.8 Å². The first-order valence-corrected chi connectivity index (χ1v) is 10.8. The predicted molar refractivity (Wildman–Crippen MR) is 115 cm³/mol. The first-order chi connectivity index (χ1) is 14.5. The molecule has 156 valence electrons. The molecule has 4 rings (SSSR count). The van der Waals surface area contributed by atoms with Gasteiger partial charge in [0.2, 0.25) is 5.91 Å². The van der Waals surface area contributed by atoms with E-state index in [1.807, 2.05) is 31.3 Å². The van der Waals surface area contributed by atoms with Gasteiger partial charge < -0.3 is 19.4 Å². The summed E-state index contributed by atoms with van der Waals surface area (Å²) in [7, 11) is 3.84. The van der Waals surface area contributed by atoms with E-state index in [-0.39, 0.29) is 23.6 Å². The number of aryl methyl sites for hydroxylation is 2. The van der Waals surface area contributed by atoms with E-state index in [0.29, 0.717) is 16.4 Å². The largest absolute Gasteiger partial charge is 0.353 e. The number of anilines is 1. The van der Waals surface area contributed by atoms with Crippen molar-refractivity contribution in [2.45, 2.75) is 24.0 Å². The van der Waals surface area contributed by atoms with E-state index in [1.165, 1.54) is 11.8 Å². The Kier molecular flexibility index (Phi) is 5.89. The number of thioether (sulfide) groups is 1. The van der Waals surface area contributed by atoms with Crippen LogP contribution in [0.2, 0.25) is 0 Å². The van der Waals surface area contributed by atoms with Crippen LogP contribution in [0.3, 0.4) is 0 Å². The van der Waals surface area contributed by atoms with E-state index in [2.05, 4.69) is 26.1 Å². The molecule has 1 atom stereocenters. The molecule has 8 nitrogen and oxygen atoms in total. The molecule has 3 aromatic rings. The minimum absolute atomic E-state index is 0.0109. The van der Waals surface area contributed by atoms with Gasteiger partial charge in [-0.1, -0.05) is 17.8 Å². The molecular weight excluding hydrogens is 400 g/mol. The minimum atomic E-state index is -0.157. The Hall–Kier alpha value is -3.07. The quantitative estimate of drug-likeness (QED) is 0.615. The average molecular weight is 425 g/mol. The van der Waals surface area contributed by atoms with Crippen LogP contribution in [0.1, 0.15) is 34.9 Å². The number of likely N-dealkylation sites (tertiary alicyclic amines) is 1.